The second kappa shape index (κ2) is 11.0. The summed E-state index contributed by atoms with van der Waals surface area (Å²) in [5.74, 6) is -2.98. The second-order valence-electron chi connectivity index (χ2n) is 8.26. The fraction of sp³-hybridized carbons (Fsp3) is 0.524. The van der Waals surface area contributed by atoms with Crippen LogP contribution in [-0.2, 0) is 24.2 Å². The monoisotopic (exact) mass is 453 g/mol. The number of nitrogens with one attached hydrogen (secondary N) is 2. The van der Waals surface area contributed by atoms with Gasteiger partial charge >= 0.3 is 0 Å². The number of rotatable bonds is 11. The van der Waals surface area contributed by atoms with Crippen LogP contribution in [0.1, 0.15) is 41.0 Å². The minimum Gasteiger partial charge on any atom is -0.497 e. The summed E-state index contributed by atoms with van der Waals surface area (Å²) in [4.78, 5) is 35.9. The van der Waals surface area contributed by atoms with Crippen molar-refractivity contribution >= 4 is 38.7 Å². The largest absolute Gasteiger partial charge is 0.497 e. The summed E-state index contributed by atoms with van der Waals surface area (Å²) in [6.45, 7) is 7.94. The molecule has 0 fully saturated rings. The van der Waals surface area contributed by atoms with Crippen molar-refractivity contribution in [1.82, 2.24) is 5.43 Å². The molecule has 0 heterocycles. The molecule has 0 saturated heterocycles. The molecule has 0 spiro atoms. The third kappa shape index (κ3) is 9.73. The average molecular weight is 454 g/mol. The Morgan fingerprint density at radius 3 is 2.26 bits per heavy atom. The third-order valence-electron chi connectivity index (χ3n) is 4.17. The highest BCUT2D eigenvalue weighted by molar-refractivity contribution is 7.92. The van der Waals surface area contributed by atoms with Gasteiger partial charge in [-0.3, -0.25) is 14.4 Å². The normalized spacial score (nSPS) is 12.4. The Morgan fingerprint density at radius 2 is 1.74 bits per heavy atom. The fourth-order valence-electron chi connectivity index (χ4n) is 2.56. The van der Waals surface area contributed by atoms with Gasteiger partial charge in [-0.1, -0.05) is 6.07 Å². The van der Waals surface area contributed by atoms with Gasteiger partial charge < -0.3 is 15.5 Å². The number of Topliss-reactive ketones (excluding diaryl/α,β-unsaturated/α-hetero) is 2. The van der Waals surface area contributed by atoms with Crippen molar-refractivity contribution in [3.05, 3.63) is 24.3 Å². The predicted octanol–water partition coefficient (Wildman–Crippen LogP) is 1.98. The van der Waals surface area contributed by atoms with Gasteiger partial charge in [0, 0.05) is 17.3 Å². The van der Waals surface area contributed by atoms with Crippen molar-refractivity contribution in [3.8, 4) is 5.75 Å². The first kappa shape index (κ1) is 26.3. The highest BCUT2D eigenvalue weighted by atomic mass is 32.2. The van der Waals surface area contributed by atoms with Crippen molar-refractivity contribution in [2.75, 3.05) is 23.9 Å². The van der Waals surface area contributed by atoms with Crippen LogP contribution in [0.3, 0.4) is 0 Å². The lowest BCUT2D eigenvalue weighted by Crippen LogP contribution is -2.37. The molecule has 2 N–H and O–H groups in total. The molecular formula is C21H31N3O6S. The summed E-state index contributed by atoms with van der Waals surface area (Å²) in [6, 6.07) is 6.61. The molecule has 0 radical (unpaired) electrons. The summed E-state index contributed by atoms with van der Waals surface area (Å²) in [6.07, 6.45) is -0.134. The van der Waals surface area contributed by atoms with Gasteiger partial charge in [-0.05, 0) is 53.2 Å². The van der Waals surface area contributed by atoms with E-state index in [4.69, 9.17) is 4.74 Å². The first-order chi connectivity index (χ1) is 14.2. The van der Waals surface area contributed by atoms with Crippen LogP contribution in [0.15, 0.2) is 29.4 Å². The molecule has 9 nitrogen and oxygen atoms in total. The van der Waals surface area contributed by atoms with E-state index in [9.17, 15) is 22.8 Å². The van der Waals surface area contributed by atoms with Gasteiger partial charge in [0.15, 0.2) is 9.84 Å². The summed E-state index contributed by atoms with van der Waals surface area (Å²) < 4.78 is 30.4. The van der Waals surface area contributed by atoms with E-state index in [1.807, 2.05) is 20.8 Å². The average Bonchev–Trinajstić information content (AvgIpc) is 2.63. The zero-order valence-corrected chi connectivity index (χ0v) is 19.6. The fourth-order valence-corrected chi connectivity index (χ4v) is 3.91. The second-order valence-corrected chi connectivity index (χ2v) is 10.4. The number of sulfone groups is 1. The van der Waals surface area contributed by atoms with Crippen LogP contribution >= 0.6 is 0 Å². The topological polar surface area (TPSA) is 131 Å². The Bertz CT molecular complexity index is 934. The highest BCUT2D eigenvalue weighted by Crippen LogP contribution is 2.17. The van der Waals surface area contributed by atoms with Gasteiger partial charge in [0.2, 0.25) is 0 Å². The number of carbonyl (C=O) groups is 3. The molecule has 1 aromatic carbocycles. The molecule has 31 heavy (non-hydrogen) atoms. The molecule has 1 aromatic rings. The number of nitrogens with zero attached hydrogens (tertiary/aromatic N) is 1. The number of ether oxygens (including phenoxy) is 1. The number of hydrogen-bond acceptors (Lipinski definition) is 8. The number of carbonyl (C=O) groups excluding carboxylic acids is 3. The molecule has 172 valence electrons. The number of ketones is 2. The third-order valence-corrected chi connectivity index (χ3v) is 5.74. The van der Waals surface area contributed by atoms with E-state index in [0.717, 1.165) is 0 Å². The summed E-state index contributed by atoms with van der Waals surface area (Å²) in [5.41, 5.74) is 2.44. The van der Waals surface area contributed by atoms with Crippen molar-refractivity contribution < 1.29 is 27.5 Å². The first-order valence-electron chi connectivity index (χ1n) is 9.74. The Labute approximate surface area is 183 Å². The lowest BCUT2D eigenvalue weighted by molar-refractivity contribution is -0.130. The minimum atomic E-state index is -3.82. The maximum Gasteiger partial charge on any atom is 0.272 e. The maximum absolute atomic E-state index is 12.8. The molecule has 0 saturated carbocycles. The predicted molar refractivity (Wildman–Crippen MR) is 120 cm³/mol. The molecule has 0 aromatic heterocycles. The van der Waals surface area contributed by atoms with E-state index in [1.54, 1.807) is 24.3 Å². The standard InChI is InChI=1S/C21H31N3O6S/c1-14(25)18(15(2)26)10-11-31(28,29)13-19(23-24-21(3,4)5)20(27)22-16-8-7-9-17(12-16)30-6/h7-9,12,18,24H,10-11,13H2,1-6H3,(H,22,27)/b23-19+. The number of methoxy groups -OCH3 is 1. The van der Waals surface area contributed by atoms with Gasteiger partial charge in [-0.25, -0.2) is 8.42 Å². The quantitative estimate of drug-likeness (QED) is 0.297. The summed E-state index contributed by atoms with van der Waals surface area (Å²) in [5, 5.41) is 6.64. The number of benzene rings is 1. The summed E-state index contributed by atoms with van der Waals surface area (Å²) in [7, 11) is -2.33. The molecule has 1 amide bonds. The first-order valence-corrected chi connectivity index (χ1v) is 11.6. The molecule has 0 aliphatic heterocycles. The molecule has 0 unspecified atom stereocenters. The Kier molecular flexibility index (Phi) is 9.36. The summed E-state index contributed by atoms with van der Waals surface area (Å²) >= 11 is 0. The van der Waals surface area contributed by atoms with Crippen molar-refractivity contribution in [3.63, 3.8) is 0 Å². The van der Waals surface area contributed by atoms with Gasteiger partial charge in [-0.2, -0.15) is 5.10 Å². The van der Waals surface area contributed by atoms with Gasteiger partial charge in [0.25, 0.3) is 5.91 Å². The number of anilines is 1. The van der Waals surface area contributed by atoms with Crippen LogP contribution in [0, 0.1) is 5.92 Å². The van der Waals surface area contributed by atoms with Crippen LogP contribution in [0.4, 0.5) is 5.69 Å². The molecule has 0 aliphatic rings. The molecule has 10 heteroatoms. The molecule has 0 bridgehead atoms. The van der Waals surface area contributed by atoms with Gasteiger partial charge in [-0.15, -0.1) is 0 Å². The van der Waals surface area contributed by atoms with Crippen LogP contribution in [0.2, 0.25) is 0 Å². The van der Waals surface area contributed by atoms with E-state index in [1.165, 1.54) is 21.0 Å². The number of hydrogen-bond donors (Lipinski definition) is 2. The zero-order chi connectivity index (χ0) is 23.8. The van der Waals surface area contributed by atoms with E-state index in [-0.39, 0.29) is 23.7 Å². The Morgan fingerprint density at radius 1 is 1.13 bits per heavy atom. The zero-order valence-electron chi connectivity index (χ0n) is 18.8. The SMILES string of the molecule is COc1cccc(NC(=O)/C(CS(=O)(=O)CCC(C(C)=O)C(C)=O)=N/NC(C)(C)C)c1. The minimum absolute atomic E-state index is 0.134. The Balaban J connectivity index is 3.05. The van der Waals surface area contributed by atoms with E-state index in [0.29, 0.717) is 11.4 Å². The molecule has 0 aliphatic carbocycles. The van der Waals surface area contributed by atoms with Crippen LogP contribution < -0.4 is 15.5 Å². The smallest absolute Gasteiger partial charge is 0.272 e. The van der Waals surface area contributed by atoms with E-state index in [2.05, 4.69) is 15.8 Å². The number of hydrazone groups is 1. The Hall–Kier alpha value is -2.75. The van der Waals surface area contributed by atoms with Crippen LogP contribution in [-0.4, -0.2) is 55.8 Å². The van der Waals surface area contributed by atoms with Gasteiger partial charge in [0.1, 0.15) is 23.0 Å². The molecule has 0 atom stereocenters. The van der Waals surface area contributed by atoms with Crippen molar-refractivity contribution in [2.24, 2.45) is 11.0 Å². The van der Waals surface area contributed by atoms with E-state index >= 15 is 0 Å². The lowest BCUT2D eigenvalue weighted by atomic mass is 9.98. The van der Waals surface area contributed by atoms with Crippen molar-refractivity contribution in [2.45, 2.75) is 46.6 Å². The van der Waals surface area contributed by atoms with Crippen LogP contribution in [0.5, 0.6) is 5.75 Å². The molecular weight excluding hydrogens is 422 g/mol. The van der Waals surface area contributed by atoms with Gasteiger partial charge in [0.05, 0.1) is 24.5 Å². The van der Waals surface area contributed by atoms with Crippen molar-refractivity contribution in [1.29, 1.82) is 0 Å². The number of amides is 1. The van der Waals surface area contributed by atoms with Crippen LogP contribution in [0.25, 0.3) is 0 Å². The van der Waals surface area contributed by atoms with E-state index < -0.39 is 38.7 Å². The lowest BCUT2D eigenvalue weighted by Gasteiger charge is -2.19. The molecule has 1 rings (SSSR count). The maximum atomic E-state index is 12.8. The highest BCUT2D eigenvalue weighted by Gasteiger charge is 2.26.